The Morgan fingerprint density at radius 2 is 1.75 bits per heavy atom. The van der Waals surface area contributed by atoms with Crippen LogP contribution in [0.5, 0.6) is 11.5 Å². The van der Waals surface area contributed by atoms with E-state index in [9.17, 15) is 4.79 Å². The van der Waals surface area contributed by atoms with Crippen LogP contribution < -0.4 is 14.8 Å². The fourth-order valence-electron chi connectivity index (χ4n) is 2.42. The molecule has 0 spiro atoms. The summed E-state index contributed by atoms with van der Waals surface area (Å²) < 4.78 is 10.8. The molecular weight excluding hydrogens is 302 g/mol. The number of amides is 1. The van der Waals surface area contributed by atoms with Gasteiger partial charge in [0.15, 0.2) is 0 Å². The number of aryl methyl sites for hydroxylation is 2. The summed E-state index contributed by atoms with van der Waals surface area (Å²) in [5, 5.41) is 2.98. The lowest BCUT2D eigenvalue weighted by Gasteiger charge is -2.16. The van der Waals surface area contributed by atoms with Crippen LogP contribution in [0.3, 0.4) is 0 Å². The van der Waals surface area contributed by atoms with Crippen molar-refractivity contribution < 1.29 is 14.3 Å². The standard InChI is InChI=1S/C20H25NO3/c1-14-5-6-15(2)17(11-14)12-20(22)21-16(3)13-24-19-9-7-18(23-4)8-10-19/h5-11,16H,12-13H2,1-4H3,(H,21,22)/t16-/m1/s1. The summed E-state index contributed by atoms with van der Waals surface area (Å²) in [4.78, 5) is 12.2. The third-order valence-electron chi connectivity index (χ3n) is 3.82. The summed E-state index contributed by atoms with van der Waals surface area (Å²) in [6, 6.07) is 13.5. The van der Waals surface area contributed by atoms with E-state index in [2.05, 4.69) is 17.4 Å². The van der Waals surface area contributed by atoms with Crippen LogP contribution in [0.25, 0.3) is 0 Å². The highest BCUT2D eigenvalue weighted by molar-refractivity contribution is 5.79. The number of methoxy groups -OCH3 is 1. The predicted molar refractivity (Wildman–Crippen MR) is 95.7 cm³/mol. The second-order valence-corrected chi connectivity index (χ2v) is 6.06. The highest BCUT2D eigenvalue weighted by atomic mass is 16.5. The number of hydrogen-bond donors (Lipinski definition) is 1. The largest absolute Gasteiger partial charge is 0.497 e. The van der Waals surface area contributed by atoms with Crippen LogP contribution in [-0.2, 0) is 11.2 Å². The van der Waals surface area contributed by atoms with Gasteiger partial charge < -0.3 is 14.8 Å². The Labute approximate surface area is 143 Å². The van der Waals surface area contributed by atoms with E-state index < -0.39 is 0 Å². The van der Waals surface area contributed by atoms with Gasteiger partial charge in [-0.3, -0.25) is 4.79 Å². The molecule has 2 aromatic rings. The molecule has 2 aromatic carbocycles. The first-order valence-corrected chi connectivity index (χ1v) is 8.10. The zero-order valence-electron chi connectivity index (χ0n) is 14.8. The maximum Gasteiger partial charge on any atom is 0.224 e. The zero-order valence-corrected chi connectivity index (χ0v) is 14.8. The average Bonchev–Trinajstić information content (AvgIpc) is 2.56. The second kappa shape index (κ2) is 8.39. The molecule has 0 unspecified atom stereocenters. The minimum absolute atomic E-state index is 0.00882. The van der Waals surface area contributed by atoms with Gasteiger partial charge in [0.05, 0.1) is 19.6 Å². The number of nitrogens with one attached hydrogen (secondary N) is 1. The van der Waals surface area contributed by atoms with Crippen LogP contribution in [0, 0.1) is 13.8 Å². The predicted octanol–water partition coefficient (Wildman–Crippen LogP) is 3.44. The Kier molecular flexibility index (Phi) is 6.24. The van der Waals surface area contributed by atoms with Gasteiger partial charge in [-0.05, 0) is 56.2 Å². The normalized spacial score (nSPS) is 11.7. The summed E-state index contributed by atoms with van der Waals surface area (Å²) in [7, 11) is 1.63. The van der Waals surface area contributed by atoms with Crippen molar-refractivity contribution in [3.63, 3.8) is 0 Å². The lowest BCUT2D eigenvalue weighted by atomic mass is 10.0. The van der Waals surface area contributed by atoms with Crippen LogP contribution in [0.1, 0.15) is 23.6 Å². The first-order chi connectivity index (χ1) is 11.5. The van der Waals surface area contributed by atoms with E-state index in [4.69, 9.17) is 9.47 Å². The minimum atomic E-state index is -0.0651. The van der Waals surface area contributed by atoms with E-state index in [0.29, 0.717) is 13.0 Å². The van der Waals surface area contributed by atoms with Crippen molar-refractivity contribution in [2.75, 3.05) is 13.7 Å². The lowest BCUT2D eigenvalue weighted by molar-refractivity contribution is -0.121. The Morgan fingerprint density at radius 1 is 1.08 bits per heavy atom. The van der Waals surface area contributed by atoms with Crippen LogP contribution in [0.15, 0.2) is 42.5 Å². The molecule has 0 aromatic heterocycles. The number of ether oxygens (including phenoxy) is 2. The van der Waals surface area contributed by atoms with Gasteiger partial charge in [-0.15, -0.1) is 0 Å². The molecule has 1 atom stereocenters. The fourth-order valence-corrected chi connectivity index (χ4v) is 2.42. The molecule has 1 N–H and O–H groups in total. The average molecular weight is 327 g/mol. The van der Waals surface area contributed by atoms with Gasteiger partial charge in [0.1, 0.15) is 18.1 Å². The monoisotopic (exact) mass is 327 g/mol. The van der Waals surface area contributed by atoms with Crippen LogP contribution >= 0.6 is 0 Å². The molecular formula is C20H25NO3. The lowest BCUT2D eigenvalue weighted by Crippen LogP contribution is -2.37. The van der Waals surface area contributed by atoms with E-state index >= 15 is 0 Å². The summed E-state index contributed by atoms with van der Waals surface area (Å²) >= 11 is 0. The third kappa shape index (κ3) is 5.30. The molecule has 0 radical (unpaired) electrons. The number of hydrogen-bond acceptors (Lipinski definition) is 3. The van der Waals surface area contributed by atoms with Crippen LogP contribution in [0.2, 0.25) is 0 Å². The van der Waals surface area contributed by atoms with Crippen molar-refractivity contribution in [3.05, 3.63) is 59.2 Å². The number of carbonyl (C=O) groups is 1. The van der Waals surface area contributed by atoms with Crippen LogP contribution in [0.4, 0.5) is 0 Å². The summed E-state index contributed by atoms with van der Waals surface area (Å²) in [6.07, 6.45) is 0.389. The molecule has 0 aliphatic rings. The molecule has 24 heavy (non-hydrogen) atoms. The Morgan fingerprint density at radius 3 is 2.42 bits per heavy atom. The van der Waals surface area contributed by atoms with Crippen molar-refractivity contribution in [2.45, 2.75) is 33.2 Å². The molecule has 128 valence electrons. The molecule has 0 bridgehead atoms. The van der Waals surface area contributed by atoms with Gasteiger partial charge in [-0.2, -0.15) is 0 Å². The number of carbonyl (C=O) groups excluding carboxylic acids is 1. The van der Waals surface area contributed by atoms with E-state index in [0.717, 1.165) is 22.6 Å². The molecule has 0 saturated carbocycles. The number of rotatable bonds is 7. The smallest absolute Gasteiger partial charge is 0.224 e. The summed E-state index contributed by atoms with van der Waals surface area (Å²) in [6.45, 7) is 6.42. The molecule has 4 nitrogen and oxygen atoms in total. The van der Waals surface area contributed by atoms with Crippen molar-refractivity contribution in [3.8, 4) is 11.5 Å². The maximum absolute atomic E-state index is 12.2. The first kappa shape index (κ1) is 17.9. The Balaban J connectivity index is 1.81. The molecule has 4 heteroatoms. The molecule has 0 fully saturated rings. The van der Waals surface area contributed by atoms with Gasteiger partial charge in [-0.1, -0.05) is 23.8 Å². The fraction of sp³-hybridized carbons (Fsp3) is 0.350. The second-order valence-electron chi connectivity index (χ2n) is 6.06. The van der Waals surface area contributed by atoms with Crippen molar-refractivity contribution in [2.24, 2.45) is 0 Å². The highest BCUT2D eigenvalue weighted by Gasteiger charge is 2.10. The third-order valence-corrected chi connectivity index (χ3v) is 3.82. The van der Waals surface area contributed by atoms with E-state index in [-0.39, 0.29) is 11.9 Å². The van der Waals surface area contributed by atoms with E-state index in [1.807, 2.05) is 51.1 Å². The van der Waals surface area contributed by atoms with Gasteiger partial charge in [0, 0.05) is 0 Å². The SMILES string of the molecule is COc1ccc(OC[C@@H](C)NC(=O)Cc2cc(C)ccc2C)cc1. The van der Waals surface area contributed by atoms with Crippen molar-refractivity contribution in [1.29, 1.82) is 0 Å². The minimum Gasteiger partial charge on any atom is -0.497 e. The van der Waals surface area contributed by atoms with Crippen molar-refractivity contribution >= 4 is 5.91 Å². The van der Waals surface area contributed by atoms with Gasteiger partial charge in [0.25, 0.3) is 0 Å². The molecule has 1 amide bonds. The highest BCUT2D eigenvalue weighted by Crippen LogP contribution is 2.17. The van der Waals surface area contributed by atoms with Crippen LogP contribution in [-0.4, -0.2) is 25.7 Å². The first-order valence-electron chi connectivity index (χ1n) is 8.10. The number of benzene rings is 2. The molecule has 0 heterocycles. The molecule has 0 aliphatic carbocycles. The Bertz CT molecular complexity index is 680. The van der Waals surface area contributed by atoms with Gasteiger partial charge in [0.2, 0.25) is 5.91 Å². The van der Waals surface area contributed by atoms with Gasteiger partial charge >= 0.3 is 0 Å². The maximum atomic E-state index is 12.2. The van der Waals surface area contributed by atoms with Crippen molar-refractivity contribution in [1.82, 2.24) is 5.32 Å². The van der Waals surface area contributed by atoms with E-state index in [1.54, 1.807) is 7.11 Å². The molecule has 0 aliphatic heterocycles. The summed E-state index contributed by atoms with van der Waals surface area (Å²) in [5.41, 5.74) is 3.37. The molecule has 2 rings (SSSR count). The quantitative estimate of drug-likeness (QED) is 0.847. The van der Waals surface area contributed by atoms with Gasteiger partial charge in [-0.25, -0.2) is 0 Å². The topological polar surface area (TPSA) is 47.6 Å². The van der Waals surface area contributed by atoms with E-state index in [1.165, 1.54) is 5.56 Å². The Hall–Kier alpha value is -2.49. The summed E-state index contributed by atoms with van der Waals surface area (Å²) in [5.74, 6) is 1.55. The zero-order chi connectivity index (χ0) is 17.5. The molecule has 0 saturated heterocycles.